The molecular formula is C49H37N3. The molecule has 3 nitrogen and oxygen atoms in total. The molecule has 0 bridgehead atoms. The van der Waals surface area contributed by atoms with Crippen molar-refractivity contribution < 1.29 is 0 Å². The van der Waals surface area contributed by atoms with Crippen molar-refractivity contribution in [2.75, 3.05) is 0 Å². The second-order valence-corrected chi connectivity index (χ2v) is 15.7. The maximum absolute atomic E-state index is 5.08. The predicted molar refractivity (Wildman–Crippen MR) is 216 cm³/mol. The van der Waals surface area contributed by atoms with Gasteiger partial charge < -0.3 is 4.57 Å². The summed E-state index contributed by atoms with van der Waals surface area (Å²) >= 11 is 0. The van der Waals surface area contributed by atoms with E-state index in [1.165, 1.54) is 72.0 Å². The van der Waals surface area contributed by atoms with Crippen LogP contribution in [-0.2, 0) is 10.8 Å². The number of para-hydroxylation sites is 3. The van der Waals surface area contributed by atoms with Crippen LogP contribution in [0, 0.1) is 0 Å². The van der Waals surface area contributed by atoms with Crippen LogP contribution >= 0.6 is 0 Å². The minimum Gasteiger partial charge on any atom is -0.309 e. The Morgan fingerprint density at radius 1 is 0.442 bits per heavy atom. The first-order valence-electron chi connectivity index (χ1n) is 18.3. The van der Waals surface area contributed by atoms with E-state index in [1.54, 1.807) is 0 Å². The number of benzene rings is 7. The Morgan fingerprint density at radius 2 is 1.13 bits per heavy atom. The second-order valence-electron chi connectivity index (χ2n) is 15.7. The van der Waals surface area contributed by atoms with Crippen LogP contribution in [-0.4, -0.2) is 14.1 Å². The SMILES string of the molecule is CC1(C)c2ccccc2-c2cc3c4cc(-c5ccc(-n6c(-c7ccccc7)nc7ccccc76)cc5)cc5c4n(c3cc21)-c1ccccc1C5(C)C. The summed E-state index contributed by atoms with van der Waals surface area (Å²) in [6.07, 6.45) is 0. The third-order valence-corrected chi connectivity index (χ3v) is 12.1. The monoisotopic (exact) mass is 667 g/mol. The van der Waals surface area contributed by atoms with Crippen molar-refractivity contribution in [3.05, 3.63) is 174 Å². The fraction of sp³-hybridized carbons (Fsp3) is 0.122. The fourth-order valence-corrected chi connectivity index (χ4v) is 9.44. The van der Waals surface area contributed by atoms with E-state index in [0.717, 1.165) is 28.1 Å². The summed E-state index contributed by atoms with van der Waals surface area (Å²) in [5.41, 5.74) is 18.6. The summed E-state index contributed by atoms with van der Waals surface area (Å²) in [4.78, 5) is 5.08. The summed E-state index contributed by atoms with van der Waals surface area (Å²) < 4.78 is 4.84. The normalized spacial score (nSPS) is 14.8. The average molecular weight is 668 g/mol. The molecule has 248 valence electrons. The van der Waals surface area contributed by atoms with E-state index in [4.69, 9.17) is 4.98 Å². The minimum atomic E-state index is -0.177. The molecule has 2 aromatic heterocycles. The number of nitrogens with zero attached hydrogens (tertiary/aromatic N) is 3. The van der Waals surface area contributed by atoms with Gasteiger partial charge in [-0.2, -0.15) is 0 Å². The molecule has 52 heavy (non-hydrogen) atoms. The van der Waals surface area contributed by atoms with E-state index in [0.29, 0.717) is 0 Å². The van der Waals surface area contributed by atoms with E-state index in [-0.39, 0.29) is 10.8 Å². The van der Waals surface area contributed by atoms with Gasteiger partial charge in [0.15, 0.2) is 0 Å². The molecule has 3 heterocycles. The Balaban J connectivity index is 1.15. The van der Waals surface area contributed by atoms with Crippen LogP contribution in [0.4, 0.5) is 0 Å². The van der Waals surface area contributed by atoms with Crippen LogP contribution in [0.3, 0.4) is 0 Å². The molecule has 0 atom stereocenters. The molecule has 11 rings (SSSR count). The van der Waals surface area contributed by atoms with Crippen molar-refractivity contribution in [1.29, 1.82) is 0 Å². The van der Waals surface area contributed by atoms with Gasteiger partial charge in [-0.25, -0.2) is 4.98 Å². The number of aromatic nitrogens is 3. The molecule has 1 aliphatic heterocycles. The Morgan fingerprint density at radius 3 is 1.96 bits per heavy atom. The van der Waals surface area contributed by atoms with E-state index in [1.807, 2.05) is 0 Å². The summed E-state index contributed by atoms with van der Waals surface area (Å²) in [5.74, 6) is 0.950. The summed E-state index contributed by atoms with van der Waals surface area (Å²) in [6.45, 7) is 9.54. The highest BCUT2D eigenvalue weighted by Gasteiger charge is 2.39. The lowest BCUT2D eigenvalue weighted by molar-refractivity contribution is 0.630. The summed E-state index contributed by atoms with van der Waals surface area (Å²) in [6, 6.07) is 55.8. The van der Waals surface area contributed by atoms with E-state index in [9.17, 15) is 0 Å². The quantitative estimate of drug-likeness (QED) is 0.184. The van der Waals surface area contributed by atoms with Gasteiger partial charge >= 0.3 is 0 Å². The standard InChI is InChI=1S/C49H37N3/c1-48(2)38-17-9-8-16-34(38)35-28-36-37-26-32(27-41-46(37)52(45(36)29-40(35)48)43-20-12-10-18-39(43)49(41,3)4)30-22-24-33(25-23-30)51-44-21-13-11-19-42(44)50-47(51)31-14-6-5-7-15-31/h5-29H,1-4H3. The van der Waals surface area contributed by atoms with Gasteiger partial charge in [-0.3, -0.25) is 4.57 Å². The van der Waals surface area contributed by atoms with Crippen molar-refractivity contribution >= 4 is 32.8 Å². The van der Waals surface area contributed by atoms with Crippen molar-refractivity contribution in [1.82, 2.24) is 14.1 Å². The van der Waals surface area contributed by atoms with Gasteiger partial charge in [0.2, 0.25) is 0 Å². The third-order valence-electron chi connectivity index (χ3n) is 12.1. The van der Waals surface area contributed by atoms with Gasteiger partial charge in [-0.1, -0.05) is 125 Å². The zero-order valence-electron chi connectivity index (χ0n) is 29.8. The van der Waals surface area contributed by atoms with E-state index < -0.39 is 0 Å². The molecule has 0 saturated heterocycles. The smallest absolute Gasteiger partial charge is 0.145 e. The maximum Gasteiger partial charge on any atom is 0.145 e. The van der Waals surface area contributed by atoms with Crippen LogP contribution in [0.2, 0.25) is 0 Å². The van der Waals surface area contributed by atoms with E-state index >= 15 is 0 Å². The molecule has 2 aliphatic rings. The minimum absolute atomic E-state index is 0.0685. The number of fused-ring (bicyclic) bond motifs is 9. The Labute approximate surface area is 303 Å². The van der Waals surface area contributed by atoms with Crippen LogP contribution in [0.15, 0.2) is 152 Å². The third kappa shape index (κ3) is 3.83. The van der Waals surface area contributed by atoms with Gasteiger partial charge in [-0.15, -0.1) is 0 Å². The van der Waals surface area contributed by atoms with Crippen LogP contribution in [0.5, 0.6) is 0 Å². The molecule has 1 aliphatic carbocycles. The first kappa shape index (κ1) is 29.5. The van der Waals surface area contributed by atoms with Crippen LogP contribution < -0.4 is 0 Å². The van der Waals surface area contributed by atoms with Crippen LogP contribution in [0.25, 0.3) is 77.9 Å². The number of rotatable bonds is 3. The highest BCUT2D eigenvalue weighted by molar-refractivity contribution is 6.14. The molecule has 0 amide bonds. The predicted octanol–water partition coefficient (Wildman–Crippen LogP) is 12.4. The fourth-order valence-electron chi connectivity index (χ4n) is 9.44. The van der Waals surface area contributed by atoms with Gasteiger partial charge in [0.1, 0.15) is 5.82 Å². The Kier molecular flexibility index (Phi) is 5.79. The topological polar surface area (TPSA) is 22.8 Å². The second kappa shape index (κ2) is 10.2. The van der Waals surface area contributed by atoms with Crippen molar-refractivity contribution in [2.45, 2.75) is 38.5 Å². The highest BCUT2D eigenvalue weighted by atomic mass is 15.1. The largest absolute Gasteiger partial charge is 0.309 e. The molecule has 3 heteroatoms. The van der Waals surface area contributed by atoms with Crippen molar-refractivity contribution in [3.63, 3.8) is 0 Å². The number of hydrogen-bond donors (Lipinski definition) is 0. The van der Waals surface area contributed by atoms with Gasteiger partial charge in [-0.05, 0) is 99.1 Å². The molecule has 0 fully saturated rings. The Hall–Kier alpha value is -6.19. The molecular weight excluding hydrogens is 631 g/mol. The van der Waals surface area contributed by atoms with Crippen molar-refractivity contribution in [2.24, 2.45) is 0 Å². The number of hydrogen-bond acceptors (Lipinski definition) is 1. The lowest BCUT2D eigenvalue weighted by Crippen LogP contribution is -2.26. The molecule has 0 unspecified atom stereocenters. The van der Waals surface area contributed by atoms with Crippen molar-refractivity contribution in [3.8, 4) is 45.0 Å². The maximum atomic E-state index is 5.08. The first-order chi connectivity index (χ1) is 25.3. The molecule has 7 aromatic carbocycles. The summed E-state index contributed by atoms with van der Waals surface area (Å²) in [5, 5.41) is 2.62. The highest BCUT2D eigenvalue weighted by Crippen LogP contribution is 2.54. The summed E-state index contributed by atoms with van der Waals surface area (Å²) in [7, 11) is 0. The molecule has 0 saturated carbocycles. The molecule has 0 N–H and O–H groups in total. The lowest BCUT2D eigenvalue weighted by atomic mass is 9.74. The van der Waals surface area contributed by atoms with Gasteiger partial charge in [0.25, 0.3) is 0 Å². The Bertz CT molecular complexity index is 2940. The van der Waals surface area contributed by atoms with Gasteiger partial charge in [0, 0.05) is 32.9 Å². The molecule has 0 spiro atoms. The zero-order valence-corrected chi connectivity index (χ0v) is 29.8. The molecule has 9 aromatic rings. The zero-order chi connectivity index (χ0) is 34.9. The van der Waals surface area contributed by atoms with Gasteiger partial charge in [0.05, 0.1) is 27.8 Å². The average Bonchev–Trinajstić information content (AvgIpc) is 3.80. The lowest BCUT2D eigenvalue weighted by Gasteiger charge is -2.35. The van der Waals surface area contributed by atoms with E-state index in [2.05, 4.69) is 188 Å². The number of imidazole rings is 1. The molecule has 0 radical (unpaired) electrons. The first-order valence-corrected chi connectivity index (χ1v) is 18.3. The van der Waals surface area contributed by atoms with Crippen LogP contribution in [0.1, 0.15) is 49.9 Å².